The predicted octanol–water partition coefficient (Wildman–Crippen LogP) is 2.73. The third-order valence-corrected chi connectivity index (χ3v) is 3.84. The largest absolute Gasteiger partial charge is 0.481 e. The first-order valence-corrected chi connectivity index (χ1v) is 6.86. The Labute approximate surface area is 114 Å². The Balaban J connectivity index is 2.09. The standard InChI is InChI=1S/C14H23N3O2/c1-9-5-6-11(10(2)7-9)15-14-16-12(18-3)8-13(17-14)19-4/h8-11H,5-7H2,1-4H3,(H,15,16,17). The first-order valence-electron chi connectivity index (χ1n) is 6.86. The molecule has 3 unspecified atom stereocenters. The molecule has 19 heavy (non-hydrogen) atoms. The van der Waals surface area contributed by atoms with Gasteiger partial charge in [-0.25, -0.2) is 0 Å². The van der Waals surface area contributed by atoms with E-state index < -0.39 is 0 Å². The molecule has 1 aromatic heterocycles. The van der Waals surface area contributed by atoms with Gasteiger partial charge in [-0.15, -0.1) is 0 Å². The van der Waals surface area contributed by atoms with E-state index in [4.69, 9.17) is 9.47 Å². The van der Waals surface area contributed by atoms with Crippen molar-refractivity contribution in [3.05, 3.63) is 6.07 Å². The van der Waals surface area contributed by atoms with Crippen molar-refractivity contribution in [1.82, 2.24) is 9.97 Å². The van der Waals surface area contributed by atoms with Crippen molar-refractivity contribution >= 4 is 5.95 Å². The van der Waals surface area contributed by atoms with Crippen LogP contribution in [-0.2, 0) is 0 Å². The average Bonchev–Trinajstić information content (AvgIpc) is 2.41. The van der Waals surface area contributed by atoms with Crippen LogP contribution in [0.25, 0.3) is 0 Å². The zero-order valence-corrected chi connectivity index (χ0v) is 12.1. The van der Waals surface area contributed by atoms with Gasteiger partial charge in [0.05, 0.1) is 20.3 Å². The fourth-order valence-electron chi connectivity index (χ4n) is 2.72. The summed E-state index contributed by atoms with van der Waals surface area (Å²) < 4.78 is 10.3. The molecule has 0 spiro atoms. The molecule has 5 nitrogen and oxygen atoms in total. The highest BCUT2D eigenvalue weighted by atomic mass is 16.5. The number of ether oxygens (including phenoxy) is 2. The molecule has 1 saturated carbocycles. The van der Waals surface area contributed by atoms with E-state index >= 15 is 0 Å². The van der Waals surface area contributed by atoms with Gasteiger partial charge in [-0.2, -0.15) is 9.97 Å². The summed E-state index contributed by atoms with van der Waals surface area (Å²) >= 11 is 0. The molecule has 5 heteroatoms. The molecule has 2 rings (SSSR count). The Morgan fingerprint density at radius 1 is 1.11 bits per heavy atom. The van der Waals surface area contributed by atoms with E-state index in [0.29, 0.717) is 29.7 Å². The Morgan fingerprint density at radius 2 is 1.74 bits per heavy atom. The second kappa shape index (κ2) is 6.08. The minimum Gasteiger partial charge on any atom is -0.481 e. The number of nitrogens with one attached hydrogen (secondary N) is 1. The average molecular weight is 265 g/mol. The number of methoxy groups -OCH3 is 2. The van der Waals surface area contributed by atoms with Crippen molar-refractivity contribution in [3.63, 3.8) is 0 Å². The summed E-state index contributed by atoms with van der Waals surface area (Å²) in [6, 6.07) is 2.10. The molecule has 1 fully saturated rings. The zero-order chi connectivity index (χ0) is 13.8. The minimum absolute atomic E-state index is 0.424. The van der Waals surface area contributed by atoms with E-state index in [1.165, 1.54) is 12.8 Å². The molecular formula is C14H23N3O2. The highest BCUT2D eigenvalue weighted by Gasteiger charge is 2.26. The molecule has 0 aromatic carbocycles. The fraction of sp³-hybridized carbons (Fsp3) is 0.714. The van der Waals surface area contributed by atoms with Gasteiger partial charge in [0, 0.05) is 6.04 Å². The van der Waals surface area contributed by atoms with Crippen molar-refractivity contribution in [3.8, 4) is 11.8 Å². The first kappa shape index (κ1) is 13.9. The van der Waals surface area contributed by atoms with Gasteiger partial charge in [0.25, 0.3) is 0 Å². The molecule has 106 valence electrons. The zero-order valence-electron chi connectivity index (χ0n) is 12.1. The summed E-state index contributed by atoms with van der Waals surface area (Å²) in [4.78, 5) is 8.65. The van der Waals surface area contributed by atoms with Crippen LogP contribution in [0.4, 0.5) is 5.95 Å². The molecule has 3 atom stereocenters. The Morgan fingerprint density at radius 3 is 2.26 bits per heavy atom. The van der Waals surface area contributed by atoms with Crippen LogP contribution in [0.2, 0.25) is 0 Å². The minimum atomic E-state index is 0.424. The van der Waals surface area contributed by atoms with Gasteiger partial charge in [-0.05, 0) is 31.1 Å². The van der Waals surface area contributed by atoms with E-state index in [0.717, 1.165) is 12.3 Å². The van der Waals surface area contributed by atoms with Crippen LogP contribution in [0.1, 0.15) is 33.1 Å². The lowest BCUT2D eigenvalue weighted by Gasteiger charge is -2.33. The van der Waals surface area contributed by atoms with Gasteiger partial charge in [0.1, 0.15) is 0 Å². The quantitative estimate of drug-likeness (QED) is 0.907. The number of rotatable bonds is 4. The lowest BCUT2D eigenvalue weighted by atomic mass is 9.80. The van der Waals surface area contributed by atoms with Crippen LogP contribution in [0.3, 0.4) is 0 Å². The maximum atomic E-state index is 5.16. The molecule has 0 bridgehead atoms. The highest BCUT2D eigenvalue weighted by Crippen LogP contribution is 2.30. The molecule has 0 aliphatic heterocycles. The lowest BCUT2D eigenvalue weighted by molar-refractivity contribution is 0.275. The monoisotopic (exact) mass is 265 g/mol. The summed E-state index contributed by atoms with van der Waals surface area (Å²) in [6.45, 7) is 4.60. The van der Waals surface area contributed by atoms with E-state index in [9.17, 15) is 0 Å². The summed E-state index contributed by atoms with van der Waals surface area (Å²) in [7, 11) is 3.19. The Kier molecular flexibility index (Phi) is 4.45. The molecule has 0 amide bonds. The van der Waals surface area contributed by atoms with Crippen molar-refractivity contribution in [2.24, 2.45) is 11.8 Å². The van der Waals surface area contributed by atoms with E-state index in [1.54, 1.807) is 20.3 Å². The molecule has 1 aliphatic rings. The third kappa shape index (κ3) is 3.49. The van der Waals surface area contributed by atoms with Crippen LogP contribution < -0.4 is 14.8 Å². The maximum Gasteiger partial charge on any atom is 0.229 e. The number of nitrogens with zero attached hydrogens (tertiary/aromatic N) is 2. The van der Waals surface area contributed by atoms with Gasteiger partial charge in [-0.1, -0.05) is 13.8 Å². The number of hydrogen-bond donors (Lipinski definition) is 1. The Bertz CT molecular complexity index is 403. The van der Waals surface area contributed by atoms with Crippen LogP contribution in [0, 0.1) is 11.8 Å². The molecule has 1 aromatic rings. The van der Waals surface area contributed by atoms with Crippen LogP contribution in [0.15, 0.2) is 6.07 Å². The topological polar surface area (TPSA) is 56.3 Å². The van der Waals surface area contributed by atoms with Crippen LogP contribution in [0.5, 0.6) is 11.8 Å². The van der Waals surface area contributed by atoms with Crippen molar-refractivity contribution in [2.75, 3.05) is 19.5 Å². The van der Waals surface area contributed by atoms with Crippen molar-refractivity contribution < 1.29 is 9.47 Å². The predicted molar refractivity (Wildman–Crippen MR) is 74.7 cm³/mol. The van der Waals surface area contributed by atoms with Gasteiger partial charge in [-0.3, -0.25) is 0 Å². The van der Waals surface area contributed by atoms with E-state index in [1.807, 2.05) is 0 Å². The number of hydrogen-bond acceptors (Lipinski definition) is 5. The van der Waals surface area contributed by atoms with Crippen LogP contribution >= 0.6 is 0 Å². The highest BCUT2D eigenvalue weighted by molar-refractivity contribution is 5.34. The second-order valence-corrected chi connectivity index (χ2v) is 5.42. The van der Waals surface area contributed by atoms with Crippen molar-refractivity contribution in [2.45, 2.75) is 39.2 Å². The molecule has 1 N–H and O–H groups in total. The van der Waals surface area contributed by atoms with Gasteiger partial charge in [0.2, 0.25) is 17.7 Å². The number of anilines is 1. The SMILES string of the molecule is COc1cc(OC)nc(NC2CCC(C)CC2C)n1. The first-order chi connectivity index (χ1) is 9.12. The molecule has 0 radical (unpaired) electrons. The number of aromatic nitrogens is 2. The molecule has 0 saturated heterocycles. The third-order valence-electron chi connectivity index (χ3n) is 3.84. The summed E-state index contributed by atoms with van der Waals surface area (Å²) in [6.07, 6.45) is 3.66. The fourth-order valence-corrected chi connectivity index (χ4v) is 2.72. The summed E-state index contributed by atoms with van der Waals surface area (Å²) in [5, 5.41) is 3.42. The van der Waals surface area contributed by atoms with Gasteiger partial charge < -0.3 is 14.8 Å². The molecule has 1 aliphatic carbocycles. The van der Waals surface area contributed by atoms with Gasteiger partial charge in [0.15, 0.2) is 0 Å². The summed E-state index contributed by atoms with van der Waals surface area (Å²) in [5.74, 6) is 3.07. The summed E-state index contributed by atoms with van der Waals surface area (Å²) in [5.41, 5.74) is 0. The van der Waals surface area contributed by atoms with E-state index in [2.05, 4.69) is 29.1 Å². The lowest BCUT2D eigenvalue weighted by Crippen LogP contribution is -2.33. The normalized spacial score (nSPS) is 26.8. The molecular weight excluding hydrogens is 242 g/mol. The van der Waals surface area contributed by atoms with E-state index in [-0.39, 0.29) is 0 Å². The smallest absolute Gasteiger partial charge is 0.229 e. The van der Waals surface area contributed by atoms with Crippen molar-refractivity contribution in [1.29, 1.82) is 0 Å². The molecule has 1 heterocycles. The maximum absolute atomic E-state index is 5.16. The Hall–Kier alpha value is -1.52. The second-order valence-electron chi connectivity index (χ2n) is 5.42. The van der Waals surface area contributed by atoms with Gasteiger partial charge >= 0.3 is 0 Å². The van der Waals surface area contributed by atoms with Crippen LogP contribution in [-0.4, -0.2) is 30.2 Å².